The first-order valence-electron chi connectivity index (χ1n) is 19.3. The maximum Gasteiger partial charge on any atom is 0.411 e. The molecule has 20 heteroatoms. The maximum atomic E-state index is 15.1. The van der Waals surface area contributed by atoms with Crippen LogP contribution in [-0.4, -0.2) is 111 Å². The van der Waals surface area contributed by atoms with E-state index in [0.717, 1.165) is 4.90 Å². The molecular weight excluding hydrogens is 809 g/mol. The fourth-order valence-corrected chi connectivity index (χ4v) is 9.57. The van der Waals surface area contributed by atoms with Gasteiger partial charge in [-0.15, -0.1) is 0 Å². The number of carbonyl (C=O) groups is 4. The zero-order chi connectivity index (χ0) is 42.5. The van der Waals surface area contributed by atoms with Crippen molar-refractivity contribution in [2.75, 3.05) is 13.7 Å². The van der Waals surface area contributed by atoms with Crippen molar-refractivity contribution in [2.24, 2.45) is 17.8 Å². The largest absolute Gasteiger partial charge is 0.497 e. The number of rotatable bonds is 9. The molecule has 2 saturated carbocycles. The van der Waals surface area contributed by atoms with E-state index in [-0.39, 0.29) is 47.5 Å². The van der Waals surface area contributed by atoms with Crippen molar-refractivity contribution in [3.63, 3.8) is 0 Å². The van der Waals surface area contributed by atoms with Crippen LogP contribution in [0.5, 0.6) is 11.6 Å². The third kappa shape index (κ3) is 8.51. The predicted octanol–water partition coefficient (Wildman–Crippen LogP) is 5.22. The Balaban J connectivity index is 1.43. The average molecular weight is 857 g/mol. The van der Waals surface area contributed by atoms with Crippen molar-refractivity contribution < 1.29 is 55.3 Å². The molecule has 4 amide bonds. The van der Waals surface area contributed by atoms with Crippen LogP contribution in [0.15, 0.2) is 30.4 Å². The van der Waals surface area contributed by atoms with E-state index in [1.165, 1.54) is 7.11 Å². The molecule has 0 unspecified atom stereocenters. The summed E-state index contributed by atoms with van der Waals surface area (Å²) in [7, 11) is -2.58. The lowest BCUT2D eigenvalue weighted by Crippen LogP contribution is -2.66. The highest BCUT2D eigenvalue weighted by Gasteiger charge is 2.63. The number of alkyl halides is 3. The van der Waals surface area contributed by atoms with Crippen LogP contribution < -0.4 is 19.5 Å². The van der Waals surface area contributed by atoms with Gasteiger partial charge in [-0.25, -0.2) is 23.2 Å². The Morgan fingerprint density at radius 2 is 1.84 bits per heavy atom. The fourth-order valence-electron chi connectivity index (χ4n) is 8.03. The van der Waals surface area contributed by atoms with Gasteiger partial charge in [-0.2, -0.15) is 13.2 Å². The fraction of sp³-hybridized carbons (Fsp3) is 0.632. The van der Waals surface area contributed by atoms with E-state index >= 15 is 4.79 Å². The molecule has 15 nitrogen and oxygen atoms in total. The quantitative estimate of drug-likeness (QED) is 0.280. The van der Waals surface area contributed by atoms with Crippen molar-refractivity contribution in [1.29, 1.82) is 0 Å². The molecule has 3 N–H and O–H groups in total. The molecule has 3 fully saturated rings. The van der Waals surface area contributed by atoms with E-state index in [1.807, 2.05) is 6.92 Å². The van der Waals surface area contributed by atoms with Crippen LogP contribution in [0.2, 0.25) is 5.15 Å². The van der Waals surface area contributed by atoms with E-state index in [4.69, 9.17) is 21.1 Å². The first-order chi connectivity index (χ1) is 27.1. The standard InChI is InChI=1S/C38H48ClF3N6O9S/c1-6-21-15-20(2)9-7-8-10-22-18-37(22,34(51)46-58(54,55)25-12-13-25)45-31(49)28-17-24(57-32-30(39)43-26-14-11-23(56-5)16-27(26)44-32)19-47(28)33(50)29(21)48(35(52)53)36(3,4)38(40,41)42/h8,10-11,14,16,20-22,24-25,28-29H,6-7,9,12-13,15,17-19H2,1-5H3,(H,45,49)(H,46,51)(H,52,53)/t20-,21-,22-,24-,28+,29+,37-/m1/s1. The Hall–Kier alpha value is -4.39. The second-order valence-corrected chi connectivity index (χ2v) is 18.6. The molecule has 2 aliphatic carbocycles. The summed E-state index contributed by atoms with van der Waals surface area (Å²) in [6.07, 6.45) is -2.91. The number of aromatic nitrogens is 2. The molecule has 4 aliphatic rings. The van der Waals surface area contributed by atoms with Gasteiger partial charge >= 0.3 is 12.3 Å². The average Bonchev–Trinajstić information content (AvgIpc) is 4.07. The second kappa shape index (κ2) is 16.0. The van der Waals surface area contributed by atoms with Crippen molar-refractivity contribution >= 4 is 56.5 Å². The summed E-state index contributed by atoms with van der Waals surface area (Å²) < 4.78 is 83.6. The van der Waals surface area contributed by atoms with Crippen LogP contribution in [-0.2, 0) is 24.4 Å². The zero-order valence-corrected chi connectivity index (χ0v) is 34.3. The maximum absolute atomic E-state index is 15.1. The Morgan fingerprint density at radius 3 is 2.47 bits per heavy atom. The Kier molecular flexibility index (Phi) is 11.9. The monoisotopic (exact) mass is 856 g/mol. The molecule has 2 aromatic rings. The summed E-state index contributed by atoms with van der Waals surface area (Å²) in [5, 5.41) is 12.3. The molecule has 0 spiro atoms. The van der Waals surface area contributed by atoms with Gasteiger partial charge in [0.1, 0.15) is 35.0 Å². The molecule has 318 valence electrons. The SMILES string of the molecule is CC[C@@H]1C[C@H](C)CCC=C[C@@H]2C[C@@]2(C(=O)NS(=O)(=O)C2CC2)NC(=O)[C@@H]2C[C@@H](Oc3nc4cc(OC)ccc4nc3Cl)CN2C(=O)[C@H]1N(C(=O)O)C(C)(C)C(F)(F)F. The second-order valence-electron chi connectivity index (χ2n) is 16.3. The van der Waals surface area contributed by atoms with E-state index in [2.05, 4.69) is 20.0 Å². The number of hydrogen-bond acceptors (Lipinski definition) is 10. The van der Waals surface area contributed by atoms with Gasteiger partial charge in [-0.3, -0.25) is 24.0 Å². The van der Waals surface area contributed by atoms with E-state index in [1.54, 1.807) is 37.3 Å². The Bertz CT molecular complexity index is 2100. The molecule has 2 aliphatic heterocycles. The third-order valence-electron chi connectivity index (χ3n) is 11.8. The number of allylic oxidation sites excluding steroid dienone is 1. The number of nitrogens with zero attached hydrogens (tertiary/aromatic N) is 4. The van der Waals surface area contributed by atoms with Gasteiger partial charge < -0.3 is 24.8 Å². The van der Waals surface area contributed by atoms with Crippen molar-refractivity contribution in [2.45, 2.75) is 120 Å². The number of ether oxygens (including phenoxy) is 2. The molecule has 7 atom stereocenters. The minimum Gasteiger partial charge on any atom is -0.497 e. The van der Waals surface area contributed by atoms with Crippen molar-refractivity contribution in [3.8, 4) is 11.6 Å². The minimum atomic E-state index is -5.11. The van der Waals surface area contributed by atoms with Crippen LogP contribution in [0.3, 0.4) is 0 Å². The van der Waals surface area contributed by atoms with Crippen LogP contribution in [0, 0.1) is 17.8 Å². The molecular formula is C38H48ClF3N6O9S. The number of fused-ring (bicyclic) bond motifs is 3. The first-order valence-corrected chi connectivity index (χ1v) is 21.2. The Labute approximate surface area is 339 Å². The molecule has 6 rings (SSSR count). The number of hydrogen-bond donors (Lipinski definition) is 3. The highest BCUT2D eigenvalue weighted by Crippen LogP contribution is 2.47. The van der Waals surface area contributed by atoms with E-state index in [9.17, 15) is 41.1 Å². The van der Waals surface area contributed by atoms with Crippen LogP contribution >= 0.6 is 11.6 Å². The Morgan fingerprint density at radius 1 is 1.14 bits per heavy atom. The lowest BCUT2D eigenvalue weighted by molar-refractivity contribution is -0.222. The van der Waals surface area contributed by atoms with Gasteiger partial charge in [0.15, 0.2) is 5.15 Å². The highest BCUT2D eigenvalue weighted by molar-refractivity contribution is 7.91. The number of sulfonamides is 1. The van der Waals surface area contributed by atoms with Crippen LogP contribution in [0.1, 0.15) is 79.1 Å². The topological polar surface area (TPSA) is 197 Å². The number of carboxylic acid groups (broad SMARTS) is 1. The van der Waals surface area contributed by atoms with Crippen molar-refractivity contribution in [1.82, 2.24) is 29.8 Å². The van der Waals surface area contributed by atoms with Gasteiger partial charge in [0, 0.05) is 18.4 Å². The number of carbonyl (C=O) groups excluding carboxylic acids is 3. The van der Waals surface area contributed by atoms with E-state index < -0.39 is 92.9 Å². The molecule has 1 aromatic heterocycles. The molecule has 0 bridgehead atoms. The summed E-state index contributed by atoms with van der Waals surface area (Å²) in [4.78, 5) is 66.3. The van der Waals surface area contributed by atoms with Gasteiger partial charge in [0.05, 0.1) is 29.9 Å². The number of nitrogens with one attached hydrogen (secondary N) is 2. The van der Waals surface area contributed by atoms with E-state index in [0.29, 0.717) is 56.3 Å². The number of methoxy groups -OCH3 is 1. The summed E-state index contributed by atoms with van der Waals surface area (Å²) in [6, 6.07) is 1.41. The first kappa shape index (κ1) is 43.2. The predicted molar refractivity (Wildman–Crippen MR) is 204 cm³/mol. The molecule has 1 aromatic carbocycles. The minimum absolute atomic E-state index is 0.0380. The number of amides is 4. The summed E-state index contributed by atoms with van der Waals surface area (Å²) in [6.45, 7) is 4.46. The molecule has 0 radical (unpaired) electrons. The summed E-state index contributed by atoms with van der Waals surface area (Å²) in [5.41, 5.74) is -4.05. The highest BCUT2D eigenvalue weighted by atomic mass is 35.5. The molecule has 3 heterocycles. The smallest absolute Gasteiger partial charge is 0.411 e. The van der Waals surface area contributed by atoms with Crippen LogP contribution in [0.4, 0.5) is 18.0 Å². The lowest BCUT2D eigenvalue weighted by Gasteiger charge is -2.46. The van der Waals surface area contributed by atoms with Crippen molar-refractivity contribution in [3.05, 3.63) is 35.5 Å². The third-order valence-corrected chi connectivity index (χ3v) is 13.9. The lowest BCUT2D eigenvalue weighted by atomic mass is 9.82. The van der Waals surface area contributed by atoms with Gasteiger partial charge in [-0.05, 0) is 76.3 Å². The van der Waals surface area contributed by atoms with Gasteiger partial charge in [-0.1, -0.05) is 44.0 Å². The summed E-state index contributed by atoms with van der Waals surface area (Å²) >= 11 is 6.47. The molecule has 58 heavy (non-hydrogen) atoms. The van der Waals surface area contributed by atoms with Crippen LogP contribution in [0.25, 0.3) is 11.0 Å². The number of halogens is 4. The zero-order valence-electron chi connectivity index (χ0n) is 32.7. The van der Waals surface area contributed by atoms with Gasteiger partial charge in [0.25, 0.3) is 11.8 Å². The molecule has 1 saturated heterocycles. The normalized spacial score (nSPS) is 28.4. The van der Waals surface area contributed by atoms with Gasteiger partial charge in [0.2, 0.25) is 21.8 Å². The summed E-state index contributed by atoms with van der Waals surface area (Å²) in [5.74, 6) is -4.40. The number of benzene rings is 1.